The zero-order valence-corrected chi connectivity index (χ0v) is 11.5. The number of carbonyl (C=O) groups is 1. The second kappa shape index (κ2) is 5.92. The molecule has 1 saturated heterocycles. The highest BCUT2D eigenvalue weighted by atomic mass is 32.2. The highest BCUT2D eigenvalue weighted by Crippen LogP contribution is 2.36. The number of carbonyl (C=O) groups excluding carboxylic acids is 1. The maximum atomic E-state index is 12.1. The first-order chi connectivity index (χ1) is 7.53. The van der Waals surface area contributed by atoms with Gasteiger partial charge in [0.15, 0.2) is 0 Å². The molecule has 0 aromatic rings. The molecule has 1 heterocycles. The van der Waals surface area contributed by atoms with Gasteiger partial charge < -0.3 is 10.1 Å². The first-order valence-corrected chi connectivity index (χ1v) is 7.11. The van der Waals surface area contributed by atoms with E-state index in [1.54, 1.807) is 0 Å². The third-order valence-corrected chi connectivity index (χ3v) is 4.37. The van der Waals surface area contributed by atoms with Gasteiger partial charge in [-0.05, 0) is 31.6 Å². The molecule has 1 fully saturated rings. The van der Waals surface area contributed by atoms with Crippen LogP contribution in [-0.4, -0.2) is 35.7 Å². The molecule has 16 heavy (non-hydrogen) atoms. The van der Waals surface area contributed by atoms with Gasteiger partial charge in [-0.3, -0.25) is 4.79 Å². The molecule has 0 saturated carbocycles. The summed E-state index contributed by atoms with van der Waals surface area (Å²) in [4.78, 5) is 12.1. The van der Waals surface area contributed by atoms with E-state index < -0.39 is 5.54 Å². The third kappa shape index (κ3) is 2.92. The van der Waals surface area contributed by atoms with Crippen LogP contribution in [0.1, 0.15) is 34.1 Å². The molecule has 2 unspecified atom stereocenters. The summed E-state index contributed by atoms with van der Waals surface area (Å²) in [6.45, 7) is 9.60. The second-order valence-electron chi connectivity index (χ2n) is 4.73. The Kier molecular flexibility index (Phi) is 5.12. The van der Waals surface area contributed by atoms with Crippen molar-refractivity contribution in [3.8, 4) is 0 Å². The van der Waals surface area contributed by atoms with Crippen LogP contribution in [0.25, 0.3) is 0 Å². The van der Waals surface area contributed by atoms with Crippen molar-refractivity contribution >= 4 is 17.7 Å². The summed E-state index contributed by atoms with van der Waals surface area (Å²) in [6.07, 6.45) is 0.879. The van der Waals surface area contributed by atoms with Crippen molar-refractivity contribution in [2.24, 2.45) is 5.92 Å². The summed E-state index contributed by atoms with van der Waals surface area (Å²) < 4.78 is 5.22. The summed E-state index contributed by atoms with van der Waals surface area (Å²) in [7, 11) is 0. The van der Waals surface area contributed by atoms with Crippen LogP contribution in [0.2, 0.25) is 0 Å². The molecule has 0 bridgehead atoms. The Hall–Kier alpha value is -0.220. The number of nitrogens with one attached hydrogen (secondary N) is 1. The second-order valence-corrected chi connectivity index (χ2v) is 6.18. The fourth-order valence-electron chi connectivity index (χ4n) is 1.96. The zero-order valence-electron chi connectivity index (χ0n) is 10.7. The lowest BCUT2D eigenvalue weighted by Gasteiger charge is -2.32. The van der Waals surface area contributed by atoms with E-state index >= 15 is 0 Å². The van der Waals surface area contributed by atoms with Crippen LogP contribution in [-0.2, 0) is 9.53 Å². The molecule has 3 nitrogen and oxygen atoms in total. The normalized spacial score (nSPS) is 29.7. The fraction of sp³-hybridized carbons (Fsp3) is 0.917. The monoisotopic (exact) mass is 245 g/mol. The average Bonchev–Trinajstić information content (AvgIpc) is 2.58. The zero-order chi connectivity index (χ0) is 12.2. The molecule has 1 aliphatic heterocycles. The Labute approximate surface area is 103 Å². The summed E-state index contributed by atoms with van der Waals surface area (Å²) in [5.41, 5.74) is -0.453. The smallest absolute Gasteiger partial charge is 0.327 e. The molecular weight excluding hydrogens is 222 g/mol. The molecule has 94 valence electrons. The number of hydrogen-bond donors (Lipinski definition) is 1. The highest BCUT2D eigenvalue weighted by Gasteiger charge is 2.48. The number of hydrogen-bond acceptors (Lipinski definition) is 4. The molecule has 1 N–H and O–H groups in total. The van der Waals surface area contributed by atoms with Crippen molar-refractivity contribution in [3.05, 3.63) is 0 Å². The van der Waals surface area contributed by atoms with E-state index in [1.807, 2.05) is 18.7 Å². The topological polar surface area (TPSA) is 38.3 Å². The Morgan fingerprint density at radius 1 is 1.62 bits per heavy atom. The van der Waals surface area contributed by atoms with E-state index in [9.17, 15) is 4.79 Å². The predicted octanol–water partition coefficient (Wildman–Crippen LogP) is 2.06. The van der Waals surface area contributed by atoms with Gasteiger partial charge >= 0.3 is 5.97 Å². The Morgan fingerprint density at radius 2 is 2.31 bits per heavy atom. The average molecular weight is 245 g/mol. The molecule has 0 spiro atoms. The number of rotatable bonds is 5. The van der Waals surface area contributed by atoms with Crippen LogP contribution in [0.3, 0.4) is 0 Å². The lowest BCUT2D eigenvalue weighted by molar-refractivity contribution is -0.151. The van der Waals surface area contributed by atoms with E-state index in [4.69, 9.17) is 4.74 Å². The van der Waals surface area contributed by atoms with Crippen LogP contribution in [0.4, 0.5) is 0 Å². The molecule has 1 aliphatic rings. The molecule has 2 atom stereocenters. The molecule has 0 aromatic carbocycles. The minimum absolute atomic E-state index is 0.0758. The number of esters is 1. The van der Waals surface area contributed by atoms with E-state index in [0.717, 1.165) is 18.7 Å². The van der Waals surface area contributed by atoms with Crippen LogP contribution in [0, 0.1) is 5.92 Å². The fourth-order valence-corrected chi connectivity index (χ4v) is 3.34. The Morgan fingerprint density at radius 3 is 2.75 bits per heavy atom. The van der Waals surface area contributed by atoms with E-state index in [-0.39, 0.29) is 5.97 Å². The van der Waals surface area contributed by atoms with Gasteiger partial charge in [0.25, 0.3) is 0 Å². The van der Waals surface area contributed by atoms with Crippen molar-refractivity contribution in [1.29, 1.82) is 0 Å². The molecular formula is C12H23NO2S. The van der Waals surface area contributed by atoms with Crippen molar-refractivity contribution in [2.45, 2.75) is 44.9 Å². The lowest BCUT2D eigenvalue weighted by Crippen LogP contribution is -2.57. The minimum atomic E-state index is -0.453. The van der Waals surface area contributed by atoms with Crippen LogP contribution >= 0.6 is 11.8 Å². The van der Waals surface area contributed by atoms with Gasteiger partial charge in [0, 0.05) is 5.25 Å². The first-order valence-electron chi connectivity index (χ1n) is 6.06. The maximum absolute atomic E-state index is 12.1. The summed E-state index contributed by atoms with van der Waals surface area (Å²) >= 11 is 1.85. The van der Waals surface area contributed by atoms with Gasteiger partial charge in [-0.15, -0.1) is 0 Å². The minimum Gasteiger partial charge on any atom is -0.465 e. The Balaban J connectivity index is 2.72. The maximum Gasteiger partial charge on any atom is 0.327 e. The largest absolute Gasteiger partial charge is 0.465 e. The number of ether oxygens (including phenoxy) is 1. The van der Waals surface area contributed by atoms with Crippen molar-refractivity contribution < 1.29 is 9.53 Å². The SMILES string of the molecule is CCOC(=O)C1(NCC(C)C)CCSC1C. The summed E-state index contributed by atoms with van der Waals surface area (Å²) in [5.74, 6) is 1.50. The van der Waals surface area contributed by atoms with Crippen molar-refractivity contribution in [1.82, 2.24) is 5.32 Å². The Bertz CT molecular complexity index is 245. The molecule has 0 aliphatic carbocycles. The van der Waals surface area contributed by atoms with Crippen molar-refractivity contribution in [2.75, 3.05) is 18.9 Å². The first kappa shape index (κ1) is 13.8. The van der Waals surface area contributed by atoms with Gasteiger partial charge in [0.2, 0.25) is 0 Å². The van der Waals surface area contributed by atoms with Crippen LogP contribution in [0.5, 0.6) is 0 Å². The molecule has 1 rings (SSSR count). The van der Waals surface area contributed by atoms with Gasteiger partial charge in [-0.25, -0.2) is 0 Å². The van der Waals surface area contributed by atoms with Gasteiger partial charge in [0.05, 0.1) is 6.61 Å². The summed E-state index contributed by atoms with van der Waals surface area (Å²) in [5, 5.41) is 3.73. The standard InChI is InChI=1S/C12H23NO2S/c1-5-15-11(14)12(13-8-9(2)3)6-7-16-10(12)4/h9-10,13H,5-8H2,1-4H3. The molecule has 4 heteroatoms. The van der Waals surface area contributed by atoms with Gasteiger partial charge in [-0.2, -0.15) is 11.8 Å². The van der Waals surface area contributed by atoms with E-state index in [1.165, 1.54) is 0 Å². The van der Waals surface area contributed by atoms with Crippen LogP contribution < -0.4 is 5.32 Å². The highest BCUT2D eigenvalue weighted by molar-refractivity contribution is 8.00. The van der Waals surface area contributed by atoms with E-state index in [2.05, 4.69) is 26.1 Å². The lowest BCUT2D eigenvalue weighted by atomic mass is 9.92. The van der Waals surface area contributed by atoms with Gasteiger partial charge in [-0.1, -0.05) is 20.8 Å². The van der Waals surface area contributed by atoms with Gasteiger partial charge in [0.1, 0.15) is 5.54 Å². The molecule has 0 aromatic heterocycles. The number of thioether (sulfide) groups is 1. The van der Waals surface area contributed by atoms with E-state index in [0.29, 0.717) is 17.8 Å². The van der Waals surface area contributed by atoms with Crippen LogP contribution in [0.15, 0.2) is 0 Å². The quantitative estimate of drug-likeness (QED) is 0.753. The van der Waals surface area contributed by atoms with Crippen molar-refractivity contribution in [3.63, 3.8) is 0 Å². The molecule has 0 amide bonds. The molecule has 0 radical (unpaired) electrons. The summed E-state index contributed by atoms with van der Waals surface area (Å²) in [6, 6.07) is 0. The third-order valence-electron chi connectivity index (χ3n) is 3.02. The predicted molar refractivity (Wildman–Crippen MR) is 68.7 cm³/mol.